The van der Waals surface area contributed by atoms with Gasteiger partial charge in [-0.05, 0) is 44.1 Å². The Balaban J connectivity index is 0.000000416. The zero-order chi connectivity index (χ0) is 19.9. The summed E-state index contributed by atoms with van der Waals surface area (Å²) in [5.41, 5.74) is 6.83. The molecule has 1 fully saturated rings. The molecule has 2 heterocycles. The van der Waals surface area contributed by atoms with E-state index in [0.29, 0.717) is 5.82 Å². The van der Waals surface area contributed by atoms with Crippen molar-refractivity contribution < 1.29 is 10.2 Å². The van der Waals surface area contributed by atoms with Crippen molar-refractivity contribution in [1.29, 1.82) is 0 Å². The van der Waals surface area contributed by atoms with E-state index in [1.165, 1.54) is 25.7 Å². The summed E-state index contributed by atoms with van der Waals surface area (Å²) in [7, 11) is 0. The van der Waals surface area contributed by atoms with Gasteiger partial charge < -0.3 is 15.9 Å². The van der Waals surface area contributed by atoms with E-state index in [-0.39, 0.29) is 12.8 Å². The van der Waals surface area contributed by atoms with Crippen LogP contribution in [0.15, 0.2) is 16.4 Å². The zero-order valence-corrected chi connectivity index (χ0v) is 17.5. The Morgan fingerprint density at radius 3 is 2.42 bits per heavy atom. The lowest BCUT2D eigenvalue weighted by molar-refractivity contribution is 0.0705. The van der Waals surface area contributed by atoms with E-state index in [1.54, 1.807) is 13.1 Å². The van der Waals surface area contributed by atoms with Gasteiger partial charge in [-0.2, -0.15) is 0 Å². The fourth-order valence-electron chi connectivity index (χ4n) is 2.84. The first kappa shape index (κ1) is 25.1. The lowest BCUT2D eigenvalue weighted by atomic mass is 10.0. The summed E-state index contributed by atoms with van der Waals surface area (Å²) >= 11 is 0. The summed E-state index contributed by atoms with van der Waals surface area (Å²) in [6.45, 7) is 12.8. The first-order chi connectivity index (χ1) is 12.4. The Morgan fingerprint density at radius 2 is 2.00 bits per heavy atom. The topological polar surface area (TPSA) is 94.1 Å². The van der Waals surface area contributed by atoms with Gasteiger partial charge >= 0.3 is 0 Å². The third-order valence-corrected chi connectivity index (χ3v) is 4.55. The number of rotatable bonds is 5. The van der Waals surface area contributed by atoms with E-state index in [9.17, 15) is 0 Å². The molecule has 2 aliphatic rings. The Labute approximate surface area is 160 Å². The lowest BCUT2D eigenvalue weighted by Gasteiger charge is -2.28. The number of nitrogens with zero attached hydrogens (tertiary/aromatic N) is 2. The minimum Gasteiger partial charge on any atom is -0.384 e. The summed E-state index contributed by atoms with van der Waals surface area (Å²) in [4.78, 5) is 6.17. The van der Waals surface area contributed by atoms with Crippen molar-refractivity contribution in [3.8, 4) is 0 Å². The van der Waals surface area contributed by atoms with E-state index in [1.807, 2.05) is 0 Å². The molecular formula is C20H42N4O2. The van der Waals surface area contributed by atoms with Gasteiger partial charge in [0.15, 0.2) is 0 Å². The molecule has 0 aromatic carbocycles. The molecule has 0 amide bonds. The molecule has 0 bridgehead atoms. The molecular weight excluding hydrogens is 328 g/mol. The number of nitrogens with one attached hydrogen (secondary N) is 1. The Kier molecular flexibility index (Phi) is 14.6. The predicted octanol–water partition coefficient (Wildman–Crippen LogP) is 2.81. The van der Waals surface area contributed by atoms with Crippen LogP contribution in [0.3, 0.4) is 0 Å². The molecule has 5 N–H and O–H groups in total. The molecule has 3 unspecified atom stereocenters. The van der Waals surface area contributed by atoms with Crippen LogP contribution in [0.1, 0.15) is 73.1 Å². The molecule has 1 saturated heterocycles. The molecule has 2 rings (SSSR count). The van der Waals surface area contributed by atoms with Gasteiger partial charge in [0, 0.05) is 25.3 Å². The van der Waals surface area contributed by atoms with Gasteiger partial charge in [-0.1, -0.05) is 40.5 Å². The van der Waals surface area contributed by atoms with E-state index in [0.717, 1.165) is 37.4 Å². The number of likely N-dealkylation sites (tertiary alicyclic amines) is 1. The minimum atomic E-state index is -0.506. The maximum Gasteiger partial charge on any atom is 0.122 e. The summed E-state index contributed by atoms with van der Waals surface area (Å²) in [5, 5.41) is 20.8. The molecule has 2 aliphatic heterocycles. The van der Waals surface area contributed by atoms with E-state index in [4.69, 9.17) is 15.9 Å². The van der Waals surface area contributed by atoms with E-state index >= 15 is 0 Å². The monoisotopic (exact) mass is 370 g/mol. The fourth-order valence-corrected chi connectivity index (χ4v) is 2.84. The smallest absolute Gasteiger partial charge is 0.122 e. The van der Waals surface area contributed by atoms with Crippen molar-refractivity contribution in [2.45, 2.75) is 85.4 Å². The summed E-state index contributed by atoms with van der Waals surface area (Å²) in [6, 6.07) is 0.113. The molecule has 0 saturated carbocycles. The summed E-state index contributed by atoms with van der Waals surface area (Å²) in [6.07, 6.45) is 8.23. The molecule has 0 aliphatic carbocycles. The van der Waals surface area contributed by atoms with Gasteiger partial charge in [-0.25, -0.2) is 4.99 Å². The maximum absolute atomic E-state index is 9.11. The van der Waals surface area contributed by atoms with Crippen molar-refractivity contribution in [2.24, 2.45) is 16.6 Å². The zero-order valence-electron chi connectivity index (χ0n) is 17.5. The highest BCUT2D eigenvalue weighted by Crippen LogP contribution is 2.16. The standard InChI is InChI=1S/C9H17N3O.C7H15NO.C4H10/c1-3-7-4-8(12-6(2)13)5-11-9(7)10;1-7-3-2-4-8(5-7)6-9;1-3-4-2/h5-6,8,12-13H,3-4,10H2,1-2H3;7,9H,2-6H2,1H3;3-4H2,1-2H3. The highest BCUT2D eigenvalue weighted by molar-refractivity contribution is 5.68. The molecule has 3 atom stereocenters. The van der Waals surface area contributed by atoms with Crippen LogP contribution in [0.2, 0.25) is 0 Å². The number of aliphatic imine (C=N–C) groups is 1. The van der Waals surface area contributed by atoms with E-state index in [2.05, 4.69) is 42.9 Å². The largest absolute Gasteiger partial charge is 0.384 e. The SMILES string of the molecule is CC1CCCN(CO)C1.CCC1=C(N)N=CC(NC(C)O)C1.CCCC. The lowest BCUT2D eigenvalue weighted by Crippen LogP contribution is -2.39. The van der Waals surface area contributed by atoms with Crippen molar-refractivity contribution >= 4 is 6.21 Å². The first-order valence-corrected chi connectivity index (χ1v) is 10.2. The second kappa shape index (κ2) is 15.1. The van der Waals surface area contributed by atoms with Crippen LogP contribution in [-0.4, -0.2) is 53.4 Å². The Hall–Kier alpha value is -0.950. The molecule has 0 radical (unpaired) electrons. The molecule has 0 spiro atoms. The van der Waals surface area contributed by atoms with Crippen LogP contribution in [0, 0.1) is 5.92 Å². The van der Waals surface area contributed by atoms with Crippen LogP contribution in [0.5, 0.6) is 0 Å². The Bertz CT molecular complexity index is 409. The number of hydrogen-bond donors (Lipinski definition) is 4. The highest BCUT2D eigenvalue weighted by Gasteiger charge is 2.15. The van der Waals surface area contributed by atoms with Crippen LogP contribution in [-0.2, 0) is 0 Å². The second-order valence-electron chi connectivity index (χ2n) is 7.24. The summed E-state index contributed by atoms with van der Waals surface area (Å²) < 4.78 is 0. The molecule has 0 aromatic heterocycles. The third kappa shape index (κ3) is 11.6. The van der Waals surface area contributed by atoms with Gasteiger partial charge in [-0.15, -0.1) is 0 Å². The van der Waals surface area contributed by atoms with Crippen LogP contribution in [0.25, 0.3) is 0 Å². The number of aliphatic hydroxyl groups is 2. The quantitative estimate of drug-likeness (QED) is 0.558. The number of nitrogens with two attached hydrogens (primary N) is 1. The molecule has 6 heteroatoms. The highest BCUT2D eigenvalue weighted by atomic mass is 16.3. The van der Waals surface area contributed by atoms with Crippen molar-refractivity contribution in [3.63, 3.8) is 0 Å². The molecule has 26 heavy (non-hydrogen) atoms. The summed E-state index contributed by atoms with van der Waals surface area (Å²) in [5.74, 6) is 1.41. The normalized spacial score (nSPS) is 24.3. The maximum atomic E-state index is 9.11. The third-order valence-electron chi connectivity index (χ3n) is 4.55. The predicted molar refractivity (Wildman–Crippen MR) is 111 cm³/mol. The van der Waals surface area contributed by atoms with Crippen LogP contribution >= 0.6 is 0 Å². The molecule has 6 nitrogen and oxygen atoms in total. The fraction of sp³-hybridized carbons (Fsp3) is 0.850. The number of unbranched alkanes of at least 4 members (excludes halogenated alkanes) is 1. The van der Waals surface area contributed by atoms with Crippen molar-refractivity contribution in [2.75, 3.05) is 19.8 Å². The average molecular weight is 371 g/mol. The number of aliphatic hydroxyl groups excluding tert-OH is 2. The van der Waals surface area contributed by atoms with Gasteiger partial charge in [-0.3, -0.25) is 10.2 Å². The van der Waals surface area contributed by atoms with E-state index < -0.39 is 6.23 Å². The Morgan fingerprint density at radius 1 is 1.35 bits per heavy atom. The van der Waals surface area contributed by atoms with Crippen molar-refractivity contribution in [3.05, 3.63) is 11.4 Å². The van der Waals surface area contributed by atoms with Crippen molar-refractivity contribution in [1.82, 2.24) is 10.2 Å². The number of hydrogen-bond acceptors (Lipinski definition) is 6. The van der Waals surface area contributed by atoms with Gasteiger partial charge in [0.2, 0.25) is 0 Å². The average Bonchev–Trinajstić information content (AvgIpc) is 2.63. The second-order valence-corrected chi connectivity index (χ2v) is 7.24. The minimum absolute atomic E-state index is 0.113. The molecule has 154 valence electrons. The van der Waals surface area contributed by atoms with Gasteiger partial charge in [0.25, 0.3) is 0 Å². The van der Waals surface area contributed by atoms with Crippen LogP contribution in [0.4, 0.5) is 0 Å². The van der Waals surface area contributed by atoms with Gasteiger partial charge in [0.05, 0.1) is 6.73 Å². The van der Waals surface area contributed by atoms with Crippen LogP contribution < -0.4 is 11.1 Å². The first-order valence-electron chi connectivity index (χ1n) is 10.2. The number of piperidine rings is 1. The van der Waals surface area contributed by atoms with Gasteiger partial charge in [0.1, 0.15) is 12.0 Å². The molecule has 0 aromatic rings.